The number of carbonyl (C=O) groups is 1. The van der Waals surface area contributed by atoms with E-state index >= 15 is 0 Å². The summed E-state index contributed by atoms with van der Waals surface area (Å²) in [5.41, 5.74) is 0.211. The smallest absolute Gasteiger partial charge is 0.410 e. The van der Waals surface area contributed by atoms with Gasteiger partial charge in [-0.05, 0) is 27.7 Å². The summed E-state index contributed by atoms with van der Waals surface area (Å²) in [4.78, 5) is 22.3. The Morgan fingerprint density at radius 3 is 2.52 bits per heavy atom. The lowest BCUT2D eigenvalue weighted by molar-refractivity contribution is -0.113. The number of piperidine rings is 1. The fourth-order valence-electron chi connectivity index (χ4n) is 3.23. The maximum atomic E-state index is 12.4. The molecular formula is C17H24ClN3O4. The zero-order chi connectivity index (χ0) is 18.2. The Hall–Kier alpha value is -1.60. The number of carbonyl (C=O) groups excluding carboxylic acids is 1. The Balaban J connectivity index is 1.72. The van der Waals surface area contributed by atoms with E-state index in [0.717, 1.165) is 5.56 Å². The van der Waals surface area contributed by atoms with Gasteiger partial charge < -0.3 is 19.1 Å². The number of likely N-dealkylation sites (tertiary alicyclic amines) is 1. The van der Waals surface area contributed by atoms with Gasteiger partial charge >= 0.3 is 6.09 Å². The van der Waals surface area contributed by atoms with Gasteiger partial charge in [-0.3, -0.25) is 0 Å². The second-order valence-corrected chi connectivity index (χ2v) is 7.98. The molecule has 0 spiro atoms. The van der Waals surface area contributed by atoms with Crippen molar-refractivity contribution in [1.82, 2.24) is 14.9 Å². The monoisotopic (exact) mass is 369 g/mol. The van der Waals surface area contributed by atoms with Gasteiger partial charge in [0.15, 0.2) is 0 Å². The predicted molar refractivity (Wildman–Crippen MR) is 91.8 cm³/mol. The molecule has 2 saturated heterocycles. The molecule has 0 radical (unpaired) electrons. The second-order valence-electron chi connectivity index (χ2n) is 7.62. The lowest BCUT2D eigenvalue weighted by atomic mass is 9.84. The fraction of sp³-hybridized carbons (Fsp3) is 0.706. The number of nitrogens with zero attached hydrogens (tertiary/aromatic N) is 3. The van der Waals surface area contributed by atoms with Crippen LogP contribution in [0.1, 0.15) is 26.3 Å². The fourth-order valence-corrected chi connectivity index (χ4v) is 3.35. The third-order valence-corrected chi connectivity index (χ3v) is 4.76. The second kappa shape index (κ2) is 6.96. The van der Waals surface area contributed by atoms with E-state index in [0.29, 0.717) is 37.3 Å². The summed E-state index contributed by atoms with van der Waals surface area (Å²) >= 11 is 6.05. The number of hydrogen-bond acceptors (Lipinski definition) is 6. The van der Waals surface area contributed by atoms with Crippen molar-refractivity contribution < 1.29 is 19.0 Å². The average molecular weight is 370 g/mol. The van der Waals surface area contributed by atoms with Gasteiger partial charge in [0.1, 0.15) is 23.2 Å². The van der Waals surface area contributed by atoms with Crippen LogP contribution in [0.15, 0.2) is 6.33 Å². The molecule has 138 valence electrons. The van der Waals surface area contributed by atoms with Crippen LogP contribution in [0, 0.1) is 18.8 Å². The molecule has 1 amide bonds. The molecule has 3 heterocycles. The summed E-state index contributed by atoms with van der Waals surface area (Å²) in [5, 5.41) is 0.387. The molecule has 0 N–H and O–H groups in total. The van der Waals surface area contributed by atoms with E-state index in [1.807, 2.05) is 27.7 Å². The van der Waals surface area contributed by atoms with Crippen molar-refractivity contribution in [2.45, 2.75) is 39.4 Å². The average Bonchev–Trinajstić information content (AvgIpc) is 2.49. The van der Waals surface area contributed by atoms with Gasteiger partial charge in [0.25, 0.3) is 0 Å². The van der Waals surface area contributed by atoms with E-state index in [1.54, 1.807) is 4.90 Å². The van der Waals surface area contributed by atoms with Crippen molar-refractivity contribution in [1.29, 1.82) is 0 Å². The largest absolute Gasteiger partial charge is 0.473 e. The number of rotatable bonds is 2. The lowest BCUT2D eigenvalue weighted by Crippen LogP contribution is -2.59. The predicted octanol–water partition coefficient (Wildman–Crippen LogP) is 2.70. The number of aromatic nitrogens is 2. The Morgan fingerprint density at radius 2 is 1.92 bits per heavy atom. The van der Waals surface area contributed by atoms with Crippen LogP contribution < -0.4 is 4.74 Å². The van der Waals surface area contributed by atoms with E-state index in [1.165, 1.54) is 6.33 Å². The van der Waals surface area contributed by atoms with Gasteiger partial charge in [-0.25, -0.2) is 14.8 Å². The highest BCUT2D eigenvalue weighted by Crippen LogP contribution is 2.33. The quantitative estimate of drug-likeness (QED) is 0.746. The van der Waals surface area contributed by atoms with Crippen molar-refractivity contribution in [2.75, 3.05) is 26.3 Å². The Morgan fingerprint density at radius 1 is 1.28 bits per heavy atom. The maximum Gasteiger partial charge on any atom is 0.410 e. The van der Waals surface area contributed by atoms with Gasteiger partial charge in [0.2, 0.25) is 5.88 Å². The molecular weight excluding hydrogens is 346 g/mol. The molecule has 2 fully saturated rings. The van der Waals surface area contributed by atoms with Crippen molar-refractivity contribution in [3.05, 3.63) is 17.0 Å². The van der Waals surface area contributed by atoms with E-state index in [9.17, 15) is 4.79 Å². The number of fused-ring (bicyclic) bond motifs is 2. The zero-order valence-corrected chi connectivity index (χ0v) is 15.7. The summed E-state index contributed by atoms with van der Waals surface area (Å²) in [5.74, 6) is 0.619. The Kier molecular flexibility index (Phi) is 5.06. The molecule has 3 rings (SSSR count). The Bertz CT molecular complexity index is 635. The first-order valence-electron chi connectivity index (χ1n) is 8.44. The molecule has 7 nitrogen and oxygen atoms in total. The Labute approximate surface area is 152 Å². The molecule has 2 bridgehead atoms. The lowest BCUT2D eigenvalue weighted by Gasteiger charge is -2.46. The van der Waals surface area contributed by atoms with E-state index in [2.05, 4.69) is 9.97 Å². The van der Waals surface area contributed by atoms with Crippen LogP contribution in [0.5, 0.6) is 5.88 Å². The number of hydrogen-bond donors (Lipinski definition) is 0. The normalized spacial score (nSPS) is 26.3. The molecule has 0 aliphatic carbocycles. The highest BCUT2D eigenvalue weighted by Gasteiger charge is 2.44. The summed E-state index contributed by atoms with van der Waals surface area (Å²) in [6.07, 6.45) is 1.04. The standard InChI is InChI=1S/C17H24ClN3O4/c1-10-14(18)19-9-20-15(10)24-13-11-5-21(6-12(13)8-23-7-11)16(22)25-17(2,3)4/h9,11-13H,5-8H2,1-4H3. The highest BCUT2D eigenvalue weighted by atomic mass is 35.5. The van der Waals surface area contributed by atoms with Gasteiger partial charge in [-0.15, -0.1) is 0 Å². The first kappa shape index (κ1) is 18.2. The molecule has 8 heteroatoms. The minimum absolute atomic E-state index is 0.0631. The van der Waals surface area contributed by atoms with Crippen molar-refractivity contribution in [2.24, 2.45) is 11.8 Å². The minimum atomic E-state index is -0.509. The molecule has 0 saturated carbocycles. The highest BCUT2D eigenvalue weighted by molar-refractivity contribution is 6.30. The van der Waals surface area contributed by atoms with Crippen molar-refractivity contribution in [3.63, 3.8) is 0 Å². The van der Waals surface area contributed by atoms with E-state index in [-0.39, 0.29) is 24.0 Å². The molecule has 0 aromatic carbocycles. The summed E-state index contributed by atoms with van der Waals surface area (Å²) < 4.78 is 17.3. The topological polar surface area (TPSA) is 73.8 Å². The third-order valence-electron chi connectivity index (χ3n) is 4.38. The van der Waals surface area contributed by atoms with Gasteiger partial charge in [-0.1, -0.05) is 11.6 Å². The summed E-state index contributed by atoms with van der Waals surface area (Å²) in [6.45, 7) is 9.59. The molecule has 2 atom stereocenters. The van der Waals surface area contributed by atoms with Crippen LogP contribution in [-0.4, -0.2) is 59.0 Å². The van der Waals surface area contributed by atoms with Crippen LogP contribution in [0.2, 0.25) is 5.15 Å². The number of halogens is 1. The van der Waals surface area contributed by atoms with E-state index < -0.39 is 5.60 Å². The van der Waals surface area contributed by atoms with Crippen LogP contribution in [0.4, 0.5) is 4.79 Å². The van der Waals surface area contributed by atoms with Gasteiger partial charge in [0, 0.05) is 30.5 Å². The molecule has 2 aliphatic heterocycles. The van der Waals surface area contributed by atoms with E-state index in [4.69, 9.17) is 25.8 Å². The first-order chi connectivity index (χ1) is 11.7. The van der Waals surface area contributed by atoms with Crippen LogP contribution in [-0.2, 0) is 9.47 Å². The number of ether oxygens (including phenoxy) is 3. The first-order valence-corrected chi connectivity index (χ1v) is 8.82. The molecule has 2 unspecified atom stereocenters. The van der Waals surface area contributed by atoms with Crippen LogP contribution >= 0.6 is 11.6 Å². The van der Waals surface area contributed by atoms with Crippen molar-refractivity contribution >= 4 is 17.7 Å². The third kappa shape index (κ3) is 4.15. The molecule has 25 heavy (non-hydrogen) atoms. The SMILES string of the molecule is Cc1c(Cl)ncnc1OC1C2COCC1CN(C(=O)OC(C)(C)C)C2. The summed E-state index contributed by atoms with van der Waals surface area (Å²) in [6, 6.07) is 0. The molecule has 1 aromatic heterocycles. The van der Waals surface area contributed by atoms with Gasteiger partial charge in [-0.2, -0.15) is 0 Å². The summed E-state index contributed by atoms with van der Waals surface area (Å²) in [7, 11) is 0. The zero-order valence-electron chi connectivity index (χ0n) is 15.0. The van der Waals surface area contributed by atoms with Crippen LogP contribution in [0.3, 0.4) is 0 Å². The van der Waals surface area contributed by atoms with Gasteiger partial charge in [0.05, 0.1) is 13.2 Å². The maximum absolute atomic E-state index is 12.4. The number of amides is 1. The molecule has 1 aromatic rings. The minimum Gasteiger partial charge on any atom is -0.473 e. The van der Waals surface area contributed by atoms with Crippen molar-refractivity contribution in [3.8, 4) is 5.88 Å². The molecule has 2 aliphatic rings. The van der Waals surface area contributed by atoms with Crippen LogP contribution in [0.25, 0.3) is 0 Å².